The zero-order chi connectivity index (χ0) is 17.3. The van der Waals surface area contributed by atoms with E-state index in [0.29, 0.717) is 18.1 Å². The Morgan fingerprint density at radius 3 is 2.92 bits per heavy atom. The predicted octanol–water partition coefficient (Wildman–Crippen LogP) is 4.82. The first-order valence-electron chi connectivity index (χ1n) is 9.48. The molecule has 1 aliphatic heterocycles. The second-order valence-corrected chi connectivity index (χ2v) is 8.21. The van der Waals surface area contributed by atoms with Crippen LogP contribution in [-0.2, 0) is 14.3 Å². The fourth-order valence-electron chi connectivity index (χ4n) is 5.20. The first-order chi connectivity index (χ1) is 11.5. The van der Waals surface area contributed by atoms with Crippen molar-refractivity contribution in [1.29, 1.82) is 0 Å². The lowest BCUT2D eigenvalue weighted by Gasteiger charge is -2.57. The predicted molar refractivity (Wildman–Crippen MR) is 95.6 cm³/mol. The van der Waals surface area contributed by atoms with Crippen LogP contribution < -0.4 is 0 Å². The Kier molecular flexibility index (Phi) is 5.31. The molecule has 5 atom stereocenters. The minimum Gasteiger partial charge on any atom is -0.356 e. The van der Waals surface area contributed by atoms with E-state index in [1.807, 2.05) is 0 Å². The first kappa shape index (κ1) is 17.9. The number of fused-ring (bicyclic) bond motifs is 4. The van der Waals surface area contributed by atoms with E-state index in [1.165, 1.54) is 11.1 Å². The zero-order valence-electron chi connectivity index (χ0n) is 15.6. The van der Waals surface area contributed by atoms with Crippen LogP contribution in [0.15, 0.2) is 23.3 Å². The second kappa shape index (κ2) is 7.13. The van der Waals surface area contributed by atoms with Gasteiger partial charge in [-0.3, -0.25) is 4.79 Å². The molecule has 1 saturated heterocycles. The number of ether oxygens (including phenoxy) is 2. The van der Waals surface area contributed by atoms with Gasteiger partial charge in [-0.2, -0.15) is 0 Å². The van der Waals surface area contributed by atoms with Crippen molar-refractivity contribution < 1.29 is 14.3 Å². The van der Waals surface area contributed by atoms with Crippen LogP contribution in [0.1, 0.15) is 65.7 Å². The quantitative estimate of drug-likeness (QED) is 0.693. The fraction of sp³-hybridized carbons (Fsp3) is 0.762. The summed E-state index contributed by atoms with van der Waals surface area (Å²) in [6.45, 7) is 6.51. The Balaban J connectivity index is 1.84. The molecule has 0 radical (unpaired) electrons. The third-order valence-electron chi connectivity index (χ3n) is 6.44. The van der Waals surface area contributed by atoms with E-state index < -0.39 is 0 Å². The average molecular weight is 332 g/mol. The summed E-state index contributed by atoms with van der Waals surface area (Å²) < 4.78 is 11.7. The van der Waals surface area contributed by atoms with Crippen molar-refractivity contribution in [3.8, 4) is 0 Å². The highest BCUT2D eigenvalue weighted by Gasteiger charge is 2.67. The van der Waals surface area contributed by atoms with Crippen LogP contribution in [0.5, 0.6) is 0 Å². The molecule has 1 unspecified atom stereocenters. The van der Waals surface area contributed by atoms with Crippen molar-refractivity contribution in [3.05, 3.63) is 23.3 Å². The number of methoxy groups -OCH3 is 1. The topological polar surface area (TPSA) is 35.5 Å². The Hall–Kier alpha value is -0.930. The highest BCUT2D eigenvalue weighted by molar-refractivity contribution is 5.83. The molecule has 1 heterocycles. The molecule has 24 heavy (non-hydrogen) atoms. The highest BCUT2D eigenvalue weighted by Crippen LogP contribution is 2.64. The summed E-state index contributed by atoms with van der Waals surface area (Å²) in [7, 11) is 1.72. The van der Waals surface area contributed by atoms with E-state index in [2.05, 4.69) is 32.9 Å². The van der Waals surface area contributed by atoms with Crippen molar-refractivity contribution in [2.75, 3.05) is 7.11 Å². The van der Waals surface area contributed by atoms with Gasteiger partial charge in [0.2, 0.25) is 0 Å². The van der Waals surface area contributed by atoms with Gasteiger partial charge in [0.15, 0.2) is 6.29 Å². The molecule has 2 fully saturated rings. The monoisotopic (exact) mass is 332 g/mol. The van der Waals surface area contributed by atoms with E-state index in [9.17, 15) is 4.79 Å². The maximum absolute atomic E-state index is 12.8. The van der Waals surface area contributed by atoms with Gasteiger partial charge in [0.1, 0.15) is 5.78 Å². The van der Waals surface area contributed by atoms with Gasteiger partial charge in [0, 0.05) is 31.3 Å². The lowest BCUT2D eigenvalue weighted by molar-refractivity contribution is -0.194. The second-order valence-electron chi connectivity index (χ2n) is 8.21. The van der Waals surface area contributed by atoms with E-state index in [0.717, 1.165) is 38.5 Å². The Morgan fingerprint density at radius 1 is 1.42 bits per heavy atom. The van der Waals surface area contributed by atoms with Crippen LogP contribution in [0.2, 0.25) is 0 Å². The van der Waals surface area contributed by atoms with Gasteiger partial charge in [-0.1, -0.05) is 23.3 Å². The minimum atomic E-state index is -0.137. The van der Waals surface area contributed by atoms with Gasteiger partial charge >= 0.3 is 0 Å². The standard InChI is InChI=1S/C21H32O3/c1-14(2)7-6-12-21-13-18(23-4)24-20(21)19-16(21)11-10-15(3)8-5-9-17(19)22/h7-8,16,18-20H,5-6,9-13H2,1-4H3/b15-8+/t16-,18?,19+,20+,21-/m0/s1. The summed E-state index contributed by atoms with van der Waals surface area (Å²) in [5.74, 6) is 0.962. The van der Waals surface area contributed by atoms with Gasteiger partial charge in [0.25, 0.3) is 0 Å². The molecular formula is C21H32O3. The molecule has 0 bridgehead atoms. The van der Waals surface area contributed by atoms with Crippen molar-refractivity contribution in [2.45, 2.75) is 78.1 Å². The summed E-state index contributed by atoms with van der Waals surface area (Å²) in [6.07, 6.45) is 11.4. The maximum Gasteiger partial charge on any atom is 0.158 e. The molecule has 0 aromatic rings. The number of carbonyl (C=O) groups excluding carboxylic acids is 1. The summed E-state index contributed by atoms with van der Waals surface area (Å²) in [6, 6.07) is 0. The van der Waals surface area contributed by atoms with Crippen LogP contribution in [-0.4, -0.2) is 25.3 Å². The van der Waals surface area contributed by atoms with Crippen molar-refractivity contribution in [1.82, 2.24) is 0 Å². The molecule has 2 aliphatic carbocycles. The number of rotatable bonds is 4. The number of carbonyl (C=O) groups is 1. The molecule has 0 spiro atoms. The van der Waals surface area contributed by atoms with Gasteiger partial charge in [-0.15, -0.1) is 0 Å². The van der Waals surface area contributed by atoms with Crippen LogP contribution in [0.4, 0.5) is 0 Å². The van der Waals surface area contributed by atoms with E-state index >= 15 is 0 Å². The average Bonchev–Trinajstić information content (AvgIpc) is 2.84. The third-order valence-corrected chi connectivity index (χ3v) is 6.44. The van der Waals surface area contributed by atoms with Gasteiger partial charge < -0.3 is 9.47 Å². The SMILES string of the molecule is COC1C[C@]2(CCC=C(C)C)[C@H](O1)[C@H]1C(=O)CC/C=C(\C)CC[C@@H]12. The zero-order valence-corrected chi connectivity index (χ0v) is 15.6. The van der Waals surface area contributed by atoms with E-state index in [-0.39, 0.29) is 23.7 Å². The third kappa shape index (κ3) is 3.13. The maximum atomic E-state index is 12.8. The first-order valence-corrected chi connectivity index (χ1v) is 9.48. The molecule has 134 valence electrons. The van der Waals surface area contributed by atoms with Crippen LogP contribution >= 0.6 is 0 Å². The molecule has 1 saturated carbocycles. The molecule has 3 rings (SSSR count). The molecule has 0 amide bonds. The number of ketones is 1. The van der Waals surface area contributed by atoms with Crippen molar-refractivity contribution >= 4 is 5.78 Å². The number of hydrogen-bond donors (Lipinski definition) is 0. The van der Waals surface area contributed by atoms with Crippen molar-refractivity contribution in [2.24, 2.45) is 17.3 Å². The van der Waals surface area contributed by atoms with Crippen molar-refractivity contribution in [3.63, 3.8) is 0 Å². The minimum absolute atomic E-state index is 0.0731. The van der Waals surface area contributed by atoms with Gasteiger partial charge in [-0.05, 0) is 58.8 Å². The summed E-state index contributed by atoms with van der Waals surface area (Å²) >= 11 is 0. The van der Waals surface area contributed by atoms with Crippen LogP contribution in [0.3, 0.4) is 0 Å². The summed E-state index contributed by atoms with van der Waals surface area (Å²) in [5, 5.41) is 0. The number of Topliss-reactive ketones (excluding diaryl/α,β-unsaturated/α-hetero) is 1. The van der Waals surface area contributed by atoms with Crippen LogP contribution in [0, 0.1) is 17.3 Å². The number of hydrogen-bond acceptors (Lipinski definition) is 3. The molecule has 0 N–H and O–H groups in total. The molecule has 3 nitrogen and oxygen atoms in total. The number of allylic oxidation sites excluding steroid dienone is 4. The Labute approximate surface area is 146 Å². The summed E-state index contributed by atoms with van der Waals surface area (Å²) in [5.41, 5.74) is 2.94. The van der Waals surface area contributed by atoms with Crippen LogP contribution in [0.25, 0.3) is 0 Å². The Bertz CT molecular complexity index is 543. The molecule has 0 aromatic carbocycles. The lowest BCUT2D eigenvalue weighted by atomic mass is 9.47. The van der Waals surface area contributed by atoms with E-state index in [4.69, 9.17) is 9.47 Å². The largest absolute Gasteiger partial charge is 0.356 e. The lowest BCUT2D eigenvalue weighted by Crippen LogP contribution is -2.61. The van der Waals surface area contributed by atoms with Gasteiger partial charge in [-0.25, -0.2) is 0 Å². The summed E-state index contributed by atoms with van der Waals surface area (Å²) in [4.78, 5) is 12.8. The molecular weight excluding hydrogens is 300 g/mol. The van der Waals surface area contributed by atoms with E-state index in [1.54, 1.807) is 7.11 Å². The highest BCUT2D eigenvalue weighted by atomic mass is 16.7. The fourth-order valence-corrected chi connectivity index (χ4v) is 5.20. The molecule has 3 heteroatoms. The smallest absolute Gasteiger partial charge is 0.158 e. The van der Waals surface area contributed by atoms with Gasteiger partial charge in [0.05, 0.1) is 6.10 Å². The Morgan fingerprint density at radius 2 is 2.21 bits per heavy atom. The molecule has 3 aliphatic rings. The molecule has 0 aromatic heterocycles. The normalized spacial score (nSPS) is 41.0.